The molecule has 2 aliphatic rings. The second-order valence-corrected chi connectivity index (χ2v) is 3.35. The zero-order chi connectivity index (χ0) is 6.97. The molecule has 1 aliphatic heterocycles. The van der Waals surface area contributed by atoms with E-state index in [1.165, 1.54) is 0 Å². The van der Waals surface area contributed by atoms with Crippen LogP contribution in [0, 0.1) is 11.8 Å². The Kier molecular flexibility index (Phi) is 2.90. The van der Waals surface area contributed by atoms with Gasteiger partial charge in [-0.15, -0.1) is 12.4 Å². The molecule has 1 saturated heterocycles. The standard InChI is InChI=1S/C8H12FN.ClH/c9-3-6-1-7-4-10-5-8(7)2-6;/h3,7-8,10H,1-2,4-5H2;1H/t7-,8+;. The summed E-state index contributed by atoms with van der Waals surface area (Å²) in [7, 11) is 0. The van der Waals surface area contributed by atoms with Gasteiger partial charge in [0.25, 0.3) is 0 Å². The summed E-state index contributed by atoms with van der Waals surface area (Å²) >= 11 is 0. The molecule has 64 valence electrons. The first kappa shape index (κ1) is 9.01. The van der Waals surface area contributed by atoms with Gasteiger partial charge < -0.3 is 5.32 Å². The van der Waals surface area contributed by atoms with Crippen LogP contribution in [0.5, 0.6) is 0 Å². The molecule has 0 amide bonds. The number of halogens is 2. The first-order chi connectivity index (χ1) is 4.90. The van der Waals surface area contributed by atoms with Gasteiger partial charge in [0.2, 0.25) is 0 Å². The van der Waals surface area contributed by atoms with Gasteiger partial charge in [0.15, 0.2) is 0 Å². The predicted molar refractivity (Wildman–Crippen MR) is 45.5 cm³/mol. The molecule has 3 heteroatoms. The van der Waals surface area contributed by atoms with Gasteiger partial charge in [-0.25, -0.2) is 4.39 Å². The summed E-state index contributed by atoms with van der Waals surface area (Å²) in [6.07, 6.45) is 2.79. The summed E-state index contributed by atoms with van der Waals surface area (Å²) in [6, 6.07) is 0. The van der Waals surface area contributed by atoms with Gasteiger partial charge in [0.05, 0.1) is 6.33 Å². The fraction of sp³-hybridized carbons (Fsp3) is 0.750. The van der Waals surface area contributed by atoms with E-state index in [-0.39, 0.29) is 12.4 Å². The highest BCUT2D eigenvalue weighted by atomic mass is 35.5. The minimum Gasteiger partial charge on any atom is -0.316 e. The quantitative estimate of drug-likeness (QED) is 0.596. The number of allylic oxidation sites excluding steroid dienone is 1. The zero-order valence-electron chi connectivity index (χ0n) is 6.35. The van der Waals surface area contributed by atoms with Crippen molar-refractivity contribution in [2.45, 2.75) is 12.8 Å². The molecule has 0 unspecified atom stereocenters. The maximum absolute atomic E-state index is 12.0. The molecule has 1 nitrogen and oxygen atoms in total. The van der Waals surface area contributed by atoms with E-state index in [0.717, 1.165) is 49.7 Å². The lowest BCUT2D eigenvalue weighted by atomic mass is 10.0. The van der Waals surface area contributed by atoms with Crippen LogP contribution in [0.15, 0.2) is 11.9 Å². The molecule has 0 aromatic heterocycles. The highest BCUT2D eigenvalue weighted by molar-refractivity contribution is 5.85. The number of nitrogens with one attached hydrogen (secondary N) is 1. The number of fused-ring (bicyclic) bond motifs is 1. The Morgan fingerprint density at radius 2 is 1.82 bits per heavy atom. The maximum Gasteiger partial charge on any atom is 0.0859 e. The predicted octanol–water partition coefficient (Wildman–Crippen LogP) is 1.89. The van der Waals surface area contributed by atoms with E-state index < -0.39 is 0 Å². The Morgan fingerprint density at radius 3 is 2.27 bits per heavy atom. The molecule has 2 atom stereocenters. The van der Waals surface area contributed by atoms with Gasteiger partial charge in [0, 0.05) is 0 Å². The lowest BCUT2D eigenvalue weighted by molar-refractivity contribution is 0.494. The summed E-state index contributed by atoms with van der Waals surface area (Å²) in [6.45, 7) is 2.20. The van der Waals surface area contributed by atoms with Crippen LogP contribution in [0.2, 0.25) is 0 Å². The first-order valence-electron chi connectivity index (χ1n) is 3.89. The fourth-order valence-electron chi connectivity index (χ4n) is 2.11. The van der Waals surface area contributed by atoms with Crippen LogP contribution in [0.1, 0.15) is 12.8 Å². The van der Waals surface area contributed by atoms with Crippen LogP contribution in [0.3, 0.4) is 0 Å². The third-order valence-electron chi connectivity index (χ3n) is 2.68. The average molecular weight is 178 g/mol. The molecule has 0 aromatic carbocycles. The van der Waals surface area contributed by atoms with Crippen molar-refractivity contribution in [3.8, 4) is 0 Å². The molecule has 1 saturated carbocycles. The molecule has 0 bridgehead atoms. The van der Waals surface area contributed by atoms with E-state index >= 15 is 0 Å². The summed E-state index contributed by atoms with van der Waals surface area (Å²) in [5.41, 5.74) is 1.02. The van der Waals surface area contributed by atoms with Gasteiger partial charge in [0.1, 0.15) is 0 Å². The summed E-state index contributed by atoms with van der Waals surface area (Å²) < 4.78 is 12.0. The van der Waals surface area contributed by atoms with E-state index in [9.17, 15) is 4.39 Å². The Hall–Kier alpha value is -0.0800. The van der Waals surface area contributed by atoms with Crippen LogP contribution < -0.4 is 5.32 Å². The largest absolute Gasteiger partial charge is 0.316 e. The average Bonchev–Trinajstić information content (AvgIpc) is 2.42. The van der Waals surface area contributed by atoms with Gasteiger partial charge in [-0.05, 0) is 43.3 Å². The van der Waals surface area contributed by atoms with E-state index in [1.54, 1.807) is 0 Å². The van der Waals surface area contributed by atoms with Crippen LogP contribution in [0.4, 0.5) is 4.39 Å². The minimum absolute atomic E-state index is 0. The molecule has 11 heavy (non-hydrogen) atoms. The van der Waals surface area contributed by atoms with Crippen LogP contribution in [-0.4, -0.2) is 13.1 Å². The van der Waals surface area contributed by atoms with Crippen molar-refractivity contribution in [2.24, 2.45) is 11.8 Å². The van der Waals surface area contributed by atoms with Crippen molar-refractivity contribution in [1.29, 1.82) is 0 Å². The summed E-state index contributed by atoms with van der Waals surface area (Å²) in [4.78, 5) is 0. The van der Waals surface area contributed by atoms with Crippen molar-refractivity contribution in [2.75, 3.05) is 13.1 Å². The normalized spacial score (nSPS) is 38.8. The second-order valence-electron chi connectivity index (χ2n) is 3.35. The Labute approximate surface area is 72.5 Å². The Balaban J connectivity index is 0.000000605. The SMILES string of the molecule is Cl.FC=C1C[C@H]2CNC[C@H]2C1. The van der Waals surface area contributed by atoms with Gasteiger partial charge >= 0.3 is 0 Å². The molecular formula is C8H13ClFN. The van der Waals surface area contributed by atoms with Crippen LogP contribution in [0.25, 0.3) is 0 Å². The third kappa shape index (κ3) is 1.57. The topological polar surface area (TPSA) is 12.0 Å². The number of hydrogen-bond donors (Lipinski definition) is 1. The zero-order valence-corrected chi connectivity index (χ0v) is 7.16. The van der Waals surface area contributed by atoms with Crippen molar-refractivity contribution in [3.63, 3.8) is 0 Å². The van der Waals surface area contributed by atoms with Gasteiger partial charge in [-0.1, -0.05) is 0 Å². The van der Waals surface area contributed by atoms with Crippen LogP contribution >= 0.6 is 12.4 Å². The second kappa shape index (κ2) is 3.55. The highest BCUT2D eigenvalue weighted by Crippen LogP contribution is 2.37. The number of hydrogen-bond acceptors (Lipinski definition) is 1. The van der Waals surface area contributed by atoms with Crippen molar-refractivity contribution < 1.29 is 4.39 Å². The molecule has 1 heterocycles. The monoisotopic (exact) mass is 177 g/mol. The molecule has 0 radical (unpaired) electrons. The Morgan fingerprint density at radius 1 is 1.27 bits per heavy atom. The van der Waals surface area contributed by atoms with Crippen molar-refractivity contribution in [1.82, 2.24) is 5.32 Å². The lowest BCUT2D eigenvalue weighted by Gasteiger charge is -2.02. The molecule has 0 spiro atoms. The van der Waals surface area contributed by atoms with Crippen LogP contribution in [-0.2, 0) is 0 Å². The molecular weight excluding hydrogens is 165 g/mol. The molecule has 1 N–H and O–H groups in total. The van der Waals surface area contributed by atoms with E-state index in [1.807, 2.05) is 0 Å². The highest BCUT2D eigenvalue weighted by Gasteiger charge is 2.33. The summed E-state index contributed by atoms with van der Waals surface area (Å²) in [5.74, 6) is 1.48. The van der Waals surface area contributed by atoms with E-state index in [0.29, 0.717) is 0 Å². The molecule has 2 rings (SSSR count). The first-order valence-corrected chi connectivity index (χ1v) is 3.89. The Bertz CT molecular complexity index is 155. The molecule has 1 aliphatic carbocycles. The fourth-order valence-corrected chi connectivity index (χ4v) is 2.11. The van der Waals surface area contributed by atoms with E-state index in [2.05, 4.69) is 5.32 Å². The van der Waals surface area contributed by atoms with Crippen molar-refractivity contribution >= 4 is 12.4 Å². The van der Waals surface area contributed by atoms with Crippen molar-refractivity contribution in [3.05, 3.63) is 11.9 Å². The van der Waals surface area contributed by atoms with Gasteiger partial charge in [-0.3, -0.25) is 0 Å². The lowest BCUT2D eigenvalue weighted by Crippen LogP contribution is -2.09. The summed E-state index contributed by atoms with van der Waals surface area (Å²) in [5, 5.41) is 3.32. The number of rotatable bonds is 0. The van der Waals surface area contributed by atoms with E-state index in [4.69, 9.17) is 0 Å². The third-order valence-corrected chi connectivity index (χ3v) is 2.68. The van der Waals surface area contributed by atoms with Gasteiger partial charge in [-0.2, -0.15) is 0 Å². The molecule has 2 fully saturated rings. The minimum atomic E-state index is 0. The maximum atomic E-state index is 12.0. The molecule has 0 aromatic rings. The smallest absolute Gasteiger partial charge is 0.0859 e.